The average molecular weight is 262 g/mol. The van der Waals surface area contributed by atoms with E-state index in [2.05, 4.69) is 19.2 Å². The predicted octanol–water partition coefficient (Wildman–Crippen LogP) is 2.80. The molecule has 1 atom stereocenters. The zero-order valence-corrected chi connectivity index (χ0v) is 12.7. The lowest BCUT2D eigenvalue weighted by Gasteiger charge is -2.31. The van der Waals surface area contributed by atoms with Crippen molar-refractivity contribution >= 4 is 5.91 Å². The van der Waals surface area contributed by atoms with Gasteiger partial charge in [0.25, 0.3) is 5.91 Å². The van der Waals surface area contributed by atoms with Gasteiger partial charge in [0, 0.05) is 17.6 Å². The van der Waals surface area contributed by atoms with Crippen LogP contribution in [0.1, 0.15) is 48.7 Å². The monoisotopic (exact) mass is 262 g/mol. The van der Waals surface area contributed by atoms with Gasteiger partial charge in [-0.05, 0) is 44.7 Å². The van der Waals surface area contributed by atoms with Crippen molar-refractivity contribution in [3.63, 3.8) is 0 Å². The maximum Gasteiger partial charge on any atom is 0.252 e. The van der Waals surface area contributed by atoms with Crippen molar-refractivity contribution in [1.29, 1.82) is 0 Å². The molecule has 0 spiro atoms. The molecule has 0 aliphatic carbocycles. The van der Waals surface area contributed by atoms with Crippen LogP contribution in [0.3, 0.4) is 0 Å². The summed E-state index contributed by atoms with van der Waals surface area (Å²) in [6.07, 6.45) is 0.875. The predicted molar refractivity (Wildman–Crippen MR) is 80.3 cm³/mol. The molecule has 0 aliphatic heterocycles. The van der Waals surface area contributed by atoms with Gasteiger partial charge in [-0.25, -0.2) is 0 Å². The fourth-order valence-corrected chi connectivity index (χ4v) is 2.50. The summed E-state index contributed by atoms with van der Waals surface area (Å²) in [7, 11) is 0. The van der Waals surface area contributed by atoms with Gasteiger partial charge in [0.15, 0.2) is 0 Å². The number of hydrogen-bond acceptors (Lipinski definition) is 2. The molecule has 1 unspecified atom stereocenters. The van der Waals surface area contributed by atoms with Gasteiger partial charge in [0.05, 0.1) is 0 Å². The highest BCUT2D eigenvalue weighted by Crippen LogP contribution is 2.17. The molecule has 0 aliphatic rings. The van der Waals surface area contributed by atoms with Crippen LogP contribution in [0.5, 0.6) is 0 Å². The highest BCUT2D eigenvalue weighted by molar-refractivity contribution is 5.96. The molecule has 1 amide bonds. The molecule has 1 rings (SSSR count). The first-order chi connectivity index (χ1) is 8.77. The Morgan fingerprint density at radius 2 is 2.00 bits per heavy atom. The summed E-state index contributed by atoms with van der Waals surface area (Å²) >= 11 is 0. The first-order valence-electron chi connectivity index (χ1n) is 6.87. The minimum absolute atomic E-state index is 0.0360. The lowest BCUT2D eigenvalue weighted by Crippen LogP contribution is -2.52. The number of nitrogens with one attached hydrogen (secondary N) is 1. The summed E-state index contributed by atoms with van der Waals surface area (Å²) in [5.74, 6) is 0.457. The first-order valence-corrected chi connectivity index (χ1v) is 6.87. The van der Waals surface area contributed by atoms with Crippen LogP contribution in [0.4, 0.5) is 0 Å². The number of rotatable bonds is 5. The highest BCUT2D eigenvalue weighted by Gasteiger charge is 2.26. The van der Waals surface area contributed by atoms with Gasteiger partial charge >= 0.3 is 0 Å². The lowest BCUT2D eigenvalue weighted by atomic mass is 9.90. The maximum absolute atomic E-state index is 12.4. The van der Waals surface area contributed by atoms with Crippen molar-refractivity contribution in [2.75, 3.05) is 6.54 Å². The van der Waals surface area contributed by atoms with E-state index >= 15 is 0 Å². The highest BCUT2D eigenvalue weighted by atomic mass is 16.1. The Morgan fingerprint density at radius 3 is 2.47 bits per heavy atom. The van der Waals surface area contributed by atoms with Gasteiger partial charge < -0.3 is 11.1 Å². The molecule has 0 aromatic heterocycles. The molecule has 0 saturated heterocycles. The molecule has 0 fully saturated rings. The van der Waals surface area contributed by atoms with E-state index in [4.69, 9.17) is 5.73 Å². The second-order valence-electron chi connectivity index (χ2n) is 6.14. The van der Waals surface area contributed by atoms with Crippen LogP contribution in [0, 0.1) is 19.8 Å². The van der Waals surface area contributed by atoms with Crippen molar-refractivity contribution in [3.8, 4) is 0 Å². The van der Waals surface area contributed by atoms with Crippen molar-refractivity contribution in [3.05, 3.63) is 34.9 Å². The molecular formula is C16H26N2O. The molecular weight excluding hydrogens is 236 g/mol. The van der Waals surface area contributed by atoms with Gasteiger partial charge in [0.1, 0.15) is 0 Å². The van der Waals surface area contributed by atoms with E-state index < -0.39 is 0 Å². The molecule has 0 bridgehead atoms. The molecule has 106 valence electrons. The minimum Gasteiger partial charge on any atom is -0.346 e. The maximum atomic E-state index is 12.4. The largest absolute Gasteiger partial charge is 0.346 e. The summed E-state index contributed by atoms with van der Waals surface area (Å²) in [5, 5.41) is 3.09. The number of nitrogens with two attached hydrogens (primary N) is 1. The minimum atomic E-state index is -0.345. The molecule has 1 aromatic rings. The first kappa shape index (κ1) is 15.7. The molecule has 1 aromatic carbocycles. The van der Waals surface area contributed by atoms with E-state index in [9.17, 15) is 4.79 Å². The molecule has 0 saturated carbocycles. The number of carbonyl (C=O) groups excluding carboxylic acids is 1. The van der Waals surface area contributed by atoms with E-state index in [0.29, 0.717) is 12.5 Å². The summed E-state index contributed by atoms with van der Waals surface area (Å²) < 4.78 is 0. The van der Waals surface area contributed by atoms with Gasteiger partial charge in [-0.1, -0.05) is 31.5 Å². The van der Waals surface area contributed by atoms with E-state index in [0.717, 1.165) is 23.1 Å². The fourth-order valence-electron chi connectivity index (χ4n) is 2.50. The lowest BCUT2D eigenvalue weighted by molar-refractivity contribution is 0.0897. The molecule has 3 nitrogen and oxygen atoms in total. The Morgan fingerprint density at radius 1 is 1.37 bits per heavy atom. The SMILES string of the molecule is Cc1ccc(C(=O)NC(C)(CN)CC(C)C)c(C)c1. The van der Waals surface area contributed by atoms with E-state index in [1.54, 1.807) is 0 Å². The molecule has 0 heterocycles. The zero-order chi connectivity index (χ0) is 14.6. The smallest absolute Gasteiger partial charge is 0.252 e. The Bertz CT molecular complexity index is 454. The summed E-state index contributed by atoms with van der Waals surface area (Å²) in [6, 6.07) is 5.87. The van der Waals surface area contributed by atoms with Gasteiger partial charge in [0.2, 0.25) is 0 Å². The van der Waals surface area contributed by atoms with Crippen molar-refractivity contribution in [2.24, 2.45) is 11.7 Å². The normalized spacial score (nSPS) is 14.3. The van der Waals surface area contributed by atoms with Gasteiger partial charge in [-0.2, -0.15) is 0 Å². The zero-order valence-electron chi connectivity index (χ0n) is 12.7. The number of amides is 1. The van der Waals surface area contributed by atoms with E-state index in [1.807, 2.05) is 39.0 Å². The third-order valence-electron chi connectivity index (χ3n) is 3.35. The number of benzene rings is 1. The van der Waals surface area contributed by atoms with Crippen LogP contribution in [0.25, 0.3) is 0 Å². The molecule has 3 N–H and O–H groups in total. The number of carbonyl (C=O) groups is 1. The fraction of sp³-hybridized carbons (Fsp3) is 0.562. The third kappa shape index (κ3) is 4.35. The second kappa shape index (κ2) is 6.20. The van der Waals surface area contributed by atoms with Crippen LogP contribution in [-0.2, 0) is 0 Å². The van der Waals surface area contributed by atoms with Crippen LogP contribution in [0.15, 0.2) is 18.2 Å². The third-order valence-corrected chi connectivity index (χ3v) is 3.35. The Balaban J connectivity index is 2.88. The van der Waals surface area contributed by atoms with Crippen molar-refractivity contribution < 1.29 is 4.79 Å². The summed E-state index contributed by atoms with van der Waals surface area (Å²) in [4.78, 5) is 12.4. The van der Waals surface area contributed by atoms with E-state index in [1.165, 1.54) is 0 Å². The second-order valence-corrected chi connectivity index (χ2v) is 6.14. The summed E-state index contributed by atoms with van der Waals surface area (Å²) in [5.41, 5.74) is 8.38. The van der Waals surface area contributed by atoms with Gasteiger partial charge in [-0.3, -0.25) is 4.79 Å². The Hall–Kier alpha value is -1.35. The van der Waals surface area contributed by atoms with Crippen LogP contribution in [0.2, 0.25) is 0 Å². The average Bonchev–Trinajstić information content (AvgIpc) is 2.27. The summed E-state index contributed by atoms with van der Waals surface area (Å²) in [6.45, 7) is 10.7. The van der Waals surface area contributed by atoms with Crippen molar-refractivity contribution in [1.82, 2.24) is 5.32 Å². The van der Waals surface area contributed by atoms with Gasteiger partial charge in [-0.15, -0.1) is 0 Å². The molecule has 0 radical (unpaired) electrons. The van der Waals surface area contributed by atoms with E-state index in [-0.39, 0.29) is 11.4 Å². The topological polar surface area (TPSA) is 55.1 Å². The Labute approximate surface area is 116 Å². The standard InChI is InChI=1S/C16H26N2O/c1-11(2)9-16(5,10-17)18-15(19)14-7-6-12(3)8-13(14)4/h6-8,11H,9-10,17H2,1-5H3,(H,18,19). The van der Waals surface area contributed by atoms with Crippen LogP contribution in [-0.4, -0.2) is 18.0 Å². The molecule has 3 heteroatoms. The quantitative estimate of drug-likeness (QED) is 0.857. The van der Waals surface area contributed by atoms with Crippen LogP contribution >= 0.6 is 0 Å². The molecule has 19 heavy (non-hydrogen) atoms. The number of aryl methyl sites for hydroxylation is 2. The van der Waals surface area contributed by atoms with Crippen molar-refractivity contribution in [2.45, 2.75) is 46.6 Å². The number of hydrogen-bond donors (Lipinski definition) is 2. The van der Waals surface area contributed by atoms with Crippen LogP contribution < -0.4 is 11.1 Å². The Kier molecular flexibility index (Phi) is 5.12.